The van der Waals surface area contributed by atoms with Crippen LogP contribution in [0.1, 0.15) is 32.4 Å². The van der Waals surface area contributed by atoms with Crippen LogP contribution in [0, 0.1) is 11.2 Å². The van der Waals surface area contributed by atoms with E-state index in [4.69, 9.17) is 5.73 Å². The molecule has 0 aliphatic rings. The molecule has 0 unspecified atom stereocenters. The normalized spacial score (nSPS) is 14.2. The summed E-state index contributed by atoms with van der Waals surface area (Å²) in [5.41, 5.74) is 6.30. The molecule has 0 spiro atoms. The molecule has 72 valence electrons. The summed E-state index contributed by atoms with van der Waals surface area (Å²) in [6, 6.07) is 1.33. The van der Waals surface area contributed by atoms with E-state index < -0.39 is 0 Å². The second kappa shape index (κ2) is 3.42. The van der Waals surface area contributed by atoms with Crippen molar-refractivity contribution >= 4 is 0 Å². The van der Waals surface area contributed by atoms with E-state index >= 15 is 0 Å². The highest BCUT2D eigenvalue weighted by atomic mass is 19.1. The molecule has 0 saturated heterocycles. The van der Waals surface area contributed by atoms with Crippen molar-refractivity contribution in [3.05, 3.63) is 29.8 Å². The fourth-order valence-electron chi connectivity index (χ4n) is 1.10. The molecule has 0 radical (unpaired) electrons. The zero-order valence-corrected chi connectivity index (χ0v) is 8.21. The first kappa shape index (κ1) is 10.1. The monoisotopic (exact) mass is 182 g/mol. The predicted molar refractivity (Wildman–Crippen MR) is 50.6 cm³/mol. The molecule has 1 aromatic rings. The Bertz CT molecular complexity index is 291. The van der Waals surface area contributed by atoms with Gasteiger partial charge >= 0.3 is 0 Å². The maximum Gasteiger partial charge on any atom is 0.146 e. The van der Waals surface area contributed by atoms with Crippen molar-refractivity contribution in [2.45, 2.75) is 26.8 Å². The lowest BCUT2D eigenvalue weighted by Gasteiger charge is -2.27. The van der Waals surface area contributed by atoms with E-state index in [0.29, 0.717) is 5.56 Å². The van der Waals surface area contributed by atoms with Gasteiger partial charge in [0.1, 0.15) is 5.82 Å². The van der Waals surface area contributed by atoms with E-state index in [2.05, 4.69) is 4.98 Å². The third-order valence-electron chi connectivity index (χ3n) is 2.07. The van der Waals surface area contributed by atoms with E-state index in [0.717, 1.165) is 0 Å². The van der Waals surface area contributed by atoms with Crippen LogP contribution in [0.4, 0.5) is 4.39 Å². The van der Waals surface area contributed by atoms with Crippen molar-refractivity contribution in [2.24, 2.45) is 11.1 Å². The Morgan fingerprint density at radius 2 is 2.08 bits per heavy atom. The average molecular weight is 182 g/mol. The van der Waals surface area contributed by atoms with Crippen molar-refractivity contribution in [3.63, 3.8) is 0 Å². The number of rotatable bonds is 1. The number of nitrogens with zero attached hydrogens (tertiary/aromatic N) is 1. The molecule has 0 bridgehead atoms. The second-order valence-corrected chi connectivity index (χ2v) is 4.24. The summed E-state index contributed by atoms with van der Waals surface area (Å²) in [4.78, 5) is 3.68. The van der Waals surface area contributed by atoms with Crippen LogP contribution in [0.15, 0.2) is 18.5 Å². The lowest BCUT2D eigenvalue weighted by atomic mass is 9.83. The van der Waals surface area contributed by atoms with Gasteiger partial charge in [0.15, 0.2) is 0 Å². The van der Waals surface area contributed by atoms with Crippen LogP contribution in [0.5, 0.6) is 0 Å². The maximum absolute atomic E-state index is 13.2. The number of hydrogen-bond acceptors (Lipinski definition) is 2. The SMILES string of the molecule is CC(C)(C)[C@H](N)c1ccncc1F. The molecule has 1 aromatic heterocycles. The Morgan fingerprint density at radius 1 is 1.46 bits per heavy atom. The summed E-state index contributed by atoms with van der Waals surface area (Å²) in [7, 11) is 0. The predicted octanol–water partition coefficient (Wildman–Crippen LogP) is 2.27. The highest BCUT2D eigenvalue weighted by molar-refractivity contribution is 5.18. The zero-order valence-electron chi connectivity index (χ0n) is 8.21. The molecule has 1 heterocycles. The summed E-state index contributed by atoms with van der Waals surface area (Å²) < 4.78 is 13.2. The Hall–Kier alpha value is -0.960. The van der Waals surface area contributed by atoms with Crippen LogP contribution in [0.3, 0.4) is 0 Å². The van der Waals surface area contributed by atoms with Gasteiger partial charge in [-0.05, 0) is 11.5 Å². The van der Waals surface area contributed by atoms with Crippen LogP contribution in [-0.2, 0) is 0 Å². The molecule has 1 atom stereocenters. The highest BCUT2D eigenvalue weighted by Gasteiger charge is 2.24. The Morgan fingerprint density at radius 3 is 2.54 bits per heavy atom. The molecule has 1 rings (SSSR count). The maximum atomic E-state index is 13.2. The largest absolute Gasteiger partial charge is 0.323 e. The van der Waals surface area contributed by atoms with Crippen molar-refractivity contribution < 1.29 is 4.39 Å². The van der Waals surface area contributed by atoms with Gasteiger partial charge in [0.05, 0.1) is 6.20 Å². The van der Waals surface area contributed by atoms with Gasteiger partial charge in [-0.2, -0.15) is 0 Å². The standard InChI is InChI=1S/C10H15FN2/c1-10(2,3)9(12)7-4-5-13-6-8(7)11/h4-6,9H,12H2,1-3H3/t9-/m1/s1. The third kappa shape index (κ3) is 2.25. The molecule has 0 aliphatic carbocycles. The molecule has 0 amide bonds. The number of hydrogen-bond donors (Lipinski definition) is 1. The van der Waals surface area contributed by atoms with Crippen LogP contribution in [0.25, 0.3) is 0 Å². The van der Waals surface area contributed by atoms with Crippen molar-refractivity contribution in [1.29, 1.82) is 0 Å². The molecule has 0 aromatic carbocycles. The Kier molecular flexibility index (Phi) is 2.66. The summed E-state index contributed by atoms with van der Waals surface area (Å²) in [5, 5.41) is 0. The highest BCUT2D eigenvalue weighted by Crippen LogP contribution is 2.31. The summed E-state index contributed by atoms with van der Waals surface area (Å²) in [6.07, 6.45) is 2.75. The van der Waals surface area contributed by atoms with Crippen molar-refractivity contribution in [2.75, 3.05) is 0 Å². The van der Waals surface area contributed by atoms with Crippen molar-refractivity contribution in [3.8, 4) is 0 Å². The summed E-state index contributed by atoms with van der Waals surface area (Å²) in [6.45, 7) is 5.95. The van der Waals surface area contributed by atoms with Crippen molar-refractivity contribution in [1.82, 2.24) is 4.98 Å². The van der Waals surface area contributed by atoms with Gasteiger partial charge in [0.25, 0.3) is 0 Å². The van der Waals surface area contributed by atoms with Gasteiger partial charge < -0.3 is 5.73 Å². The molecular weight excluding hydrogens is 167 g/mol. The van der Waals surface area contributed by atoms with E-state index in [1.165, 1.54) is 6.20 Å². The first-order valence-electron chi connectivity index (χ1n) is 4.28. The summed E-state index contributed by atoms with van der Waals surface area (Å²) in [5.74, 6) is -0.329. The van der Waals surface area contributed by atoms with Crippen LogP contribution in [-0.4, -0.2) is 4.98 Å². The Balaban J connectivity index is 3.02. The second-order valence-electron chi connectivity index (χ2n) is 4.24. The smallest absolute Gasteiger partial charge is 0.146 e. The van der Waals surface area contributed by atoms with E-state index in [1.807, 2.05) is 20.8 Å². The lowest BCUT2D eigenvalue weighted by molar-refractivity contribution is 0.319. The molecule has 0 aliphatic heterocycles. The minimum atomic E-state index is -0.329. The molecule has 0 fully saturated rings. The molecule has 2 nitrogen and oxygen atoms in total. The molecular formula is C10H15FN2. The van der Waals surface area contributed by atoms with Gasteiger partial charge in [-0.1, -0.05) is 20.8 Å². The van der Waals surface area contributed by atoms with Gasteiger partial charge in [-0.25, -0.2) is 4.39 Å². The zero-order chi connectivity index (χ0) is 10.1. The van der Waals surface area contributed by atoms with E-state index in [9.17, 15) is 4.39 Å². The van der Waals surface area contributed by atoms with Gasteiger partial charge in [0.2, 0.25) is 0 Å². The average Bonchev–Trinajstić information content (AvgIpc) is 2.02. The third-order valence-corrected chi connectivity index (χ3v) is 2.07. The summed E-state index contributed by atoms with van der Waals surface area (Å²) >= 11 is 0. The topological polar surface area (TPSA) is 38.9 Å². The molecule has 2 N–H and O–H groups in total. The van der Waals surface area contributed by atoms with Crippen LogP contribution >= 0.6 is 0 Å². The number of pyridine rings is 1. The molecule has 13 heavy (non-hydrogen) atoms. The van der Waals surface area contributed by atoms with E-state index in [-0.39, 0.29) is 17.3 Å². The van der Waals surface area contributed by atoms with E-state index in [1.54, 1.807) is 12.3 Å². The number of aromatic nitrogens is 1. The first-order chi connectivity index (χ1) is 5.93. The van der Waals surface area contributed by atoms with Crippen LogP contribution < -0.4 is 5.73 Å². The minimum Gasteiger partial charge on any atom is -0.323 e. The van der Waals surface area contributed by atoms with Gasteiger partial charge in [-0.3, -0.25) is 4.98 Å². The number of halogens is 1. The van der Waals surface area contributed by atoms with Gasteiger partial charge in [0, 0.05) is 17.8 Å². The lowest BCUT2D eigenvalue weighted by Crippen LogP contribution is -2.27. The number of nitrogens with two attached hydrogens (primary N) is 1. The molecule has 3 heteroatoms. The fraction of sp³-hybridized carbons (Fsp3) is 0.500. The molecule has 0 saturated carbocycles. The Labute approximate surface area is 78.0 Å². The van der Waals surface area contributed by atoms with Crippen LogP contribution in [0.2, 0.25) is 0 Å². The minimum absolute atomic E-state index is 0.137. The fourth-order valence-corrected chi connectivity index (χ4v) is 1.10. The first-order valence-corrected chi connectivity index (χ1v) is 4.28. The van der Waals surface area contributed by atoms with Gasteiger partial charge in [-0.15, -0.1) is 0 Å². The quantitative estimate of drug-likeness (QED) is 0.723.